The van der Waals surface area contributed by atoms with Crippen molar-refractivity contribution in [1.29, 1.82) is 0 Å². The maximum Gasteiger partial charge on any atom is 0.260 e. The lowest BCUT2D eigenvalue weighted by Crippen LogP contribution is -2.30. The van der Waals surface area contributed by atoms with E-state index < -0.39 is 0 Å². The SMILES string of the molecule is O=C(c1ccc(Br)cc1)N(Cc1ccccc1)c1nc2c(F)cccc2s1. The minimum Gasteiger partial charge on any atom is -0.279 e. The maximum atomic E-state index is 14.1. The summed E-state index contributed by atoms with van der Waals surface area (Å²) >= 11 is 4.69. The number of halogens is 2. The lowest BCUT2D eigenvalue weighted by Gasteiger charge is -2.20. The first kappa shape index (κ1) is 17.8. The first-order valence-corrected chi connectivity index (χ1v) is 9.89. The van der Waals surface area contributed by atoms with Crippen molar-refractivity contribution in [2.24, 2.45) is 0 Å². The Morgan fingerprint density at radius 3 is 2.44 bits per heavy atom. The zero-order valence-corrected chi connectivity index (χ0v) is 16.5. The summed E-state index contributed by atoms with van der Waals surface area (Å²) in [6.07, 6.45) is 0. The fraction of sp³-hybridized carbons (Fsp3) is 0.0476. The normalized spacial score (nSPS) is 10.9. The molecule has 27 heavy (non-hydrogen) atoms. The fourth-order valence-electron chi connectivity index (χ4n) is 2.76. The number of rotatable bonds is 4. The van der Waals surface area contributed by atoms with Gasteiger partial charge in [-0.25, -0.2) is 9.37 Å². The number of hydrogen-bond acceptors (Lipinski definition) is 3. The van der Waals surface area contributed by atoms with E-state index in [0.717, 1.165) is 10.0 Å². The van der Waals surface area contributed by atoms with Crippen molar-refractivity contribution in [3.63, 3.8) is 0 Å². The second-order valence-electron chi connectivity index (χ2n) is 5.97. The van der Waals surface area contributed by atoms with Crippen LogP contribution in [-0.4, -0.2) is 10.9 Å². The summed E-state index contributed by atoms with van der Waals surface area (Å²) in [7, 11) is 0. The van der Waals surface area contributed by atoms with Crippen molar-refractivity contribution in [3.05, 3.63) is 94.2 Å². The highest BCUT2D eigenvalue weighted by Gasteiger charge is 2.22. The summed E-state index contributed by atoms with van der Waals surface area (Å²) in [6, 6.07) is 21.7. The van der Waals surface area contributed by atoms with Crippen molar-refractivity contribution in [3.8, 4) is 0 Å². The lowest BCUT2D eigenvalue weighted by molar-refractivity contribution is 0.0985. The highest BCUT2D eigenvalue weighted by Crippen LogP contribution is 2.32. The van der Waals surface area contributed by atoms with Crippen molar-refractivity contribution < 1.29 is 9.18 Å². The third-order valence-corrected chi connectivity index (χ3v) is 5.68. The predicted octanol–water partition coefficient (Wildman–Crippen LogP) is 6.04. The van der Waals surface area contributed by atoms with Crippen LogP contribution in [0.5, 0.6) is 0 Å². The summed E-state index contributed by atoms with van der Waals surface area (Å²) in [5.74, 6) is -0.559. The summed E-state index contributed by atoms with van der Waals surface area (Å²) in [4.78, 5) is 19.2. The number of anilines is 1. The molecule has 0 atom stereocenters. The minimum absolute atomic E-state index is 0.175. The van der Waals surface area contributed by atoms with Gasteiger partial charge in [0.2, 0.25) is 0 Å². The van der Waals surface area contributed by atoms with Crippen LogP contribution in [0.1, 0.15) is 15.9 Å². The van der Waals surface area contributed by atoms with Gasteiger partial charge in [-0.3, -0.25) is 9.69 Å². The Morgan fingerprint density at radius 1 is 1.00 bits per heavy atom. The van der Waals surface area contributed by atoms with Crippen LogP contribution in [0.15, 0.2) is 77.3 Å². The van der Waals surface area contributed by atoms with Gasteiger partial charge in [-0.05, 0) is 42.0 Å². The highest BCUT2D eigenvalue weighted by atomic mass is 79.9. The second-order valence-corrected chi connectivity index (χ2v) is 7.89. The molecular formula is C21H14BrFN2OS. The molecule has 3 nitrogen and oxygen atoms in total. The van der Waals surface area contributed by atoms with Crippen LogP contribution in [0, 0.1) is 5.82 Å². The molecule has 0 aliphatic carbocycles. The fourth-order valence-corrected chi connectivity index (χ4v) is 4.00. The van der Waals surface area contributed by atoms with Gasteiger partial charge in [0.1, 0.15) is 11.3 Å². The monoisotopic (exact) mass is 440 g/mol. The van der Waals surface area contributed by atoms with Crippen LogP contribution in [-0.2, 0) is 6.54 Å². The maximum absolute atomic E-state index is 14.1. The molecule has 0 N–H and O–H groups in total. The zero-order valence-electron chi connectivity index (χ0n) is 14.1. The molecular weight excluding hydrogens is 427 g/mol. The lowest BCUT2D eigenvalue weighted by atomic mass is 10.1. The van der Waals surface area contributed by atoms with Gasteiger partial charge >= 0.3 is 0 Å². The Hall–Kier alpha value is -2.57. The van der Waals surface area contributed by atoms with E-state index in [1.54, 1.807) is 23.1 Å². The van der Waals surface area contributed by atoms with Crippen LogP contribution in [0.2, 0.25) is 0 Å². The Balaban J connectivity index is 1.78. The molecule has 0 saturated carbocycles. The quantitative estimate of drug-likeness (QED) is 0.387. The topological polar surface area (TPSA) is 33.2 Å². The molecule has 1 heterocycles. The summed E-state index contributed by atoms with van der Waals surface area (Å²) < 4.78 is 15.7. The Morgan fingerprint density at radius 2 is 1.74 bits per heavy atom. The summed E-state index contributed by atoms with van der Waals surface area (Å²) in [6.45, 7) is 0.358. The summed E-state index contributed by atoms with van der Waals surface area (Å²) in [5, 5.41) is 0.479. The number of hydrogen-bond donors (Lipinski definition) is 0. The van der Waals surface area contributed by atoms with E-state index in [0.29, 0.717) is 27.5 Å². The number of benzene rings is 3. The average molecular weight is 441 g/mol. The van der Waals surface area contributed by atoms with Gasteiger partial charge in [-0.15, -0.1) is 0 Å². The number of para-hydroxylation sites is 1. The van der Waals surface area contributed by atoms with Gasteiger partial charge in [0.25, 0.3) is 5.91 Å². The largest absolute Gasteiger partial charge is 0.279 e. The summed E-state index contributed by atoms with van der Waals surface area (Å²) in [5.41, 5.74) is 1.82. The van der Waals surface area contributed by atoms with Gasteiger partial charge in [0, 0.05) is 10.0 Å². The predicted molar refractivity (Wildman–Crippen MR) is 111 cm³/mol. The number of thiazole rings is 1. The molecule has 0 aliphatic rings. The standard InChI is InChI=1S/C21H14BrFN2OS/c22-16-11-9-15(10-12-16)20(26)25(13-14-5-2-1-3-6-14)21-24-19-17(23)7-4-8-18(19)27-21/h1-12H,13H2. The molecule has 0 bridgehead atoms. The van der Waals surface area contributed by atoms with Crippen LogP contribution in [0.3, 0.4) is 0 Å². The van der Waals surface area contributed by atoms with Gasteiger partial charge in [0.05, 0.1) is 11.2 Å². The zero-order chi connectivity index (χ0) is 18.8. The number of nitrogens with zero attached hydrogens (tertiary/aromatic N) is 2. The molecule has 6 heteroatoms. The third-order valence-electron chi connectivity index (χ3n) is 4.11. The van der Waals surface area contributed by atoms with E-state index >= 15 is 0 Å². The number of carbonyl (C=O) groups excluding carboxylic acids is 1. The number of aromatic nitrogens is 1. The molecule has 0 spiro atoms. The number of carbonyl (C=O) groups is 1. The Kier molecular flexibility index (Phi) is 5.01. The number of fused-ring (bicyclic) bond motifs is 1. The van der Waals surface area contributed by atoms with E-state index in [1.165, 1.54) is 17.4 Å². The van der Waals surface area contributed by atoms with Crippen molar-refractivity contribution in [2.75, 3.05) is 4.90 Å². The Bertz CT molecular complexity index is 1100. The van der Waals surface area contributed by atoms with Crippen molar-refractivity contribution in [1.82, 2.24) is 4.98 Å². The molecule has 0 fully saturated rings. The van der Waals surface area contributed by atoms with E-state index in [-0.39, 0.29) is 11.7 Å². The third kappa shape index (κ3) is 3.77. The van der Waals surface area contributed by atoms with Crippen molar-refractivity contribution >= 4 is 48.5 Å². The molecule has 0 saturated heterocycles. The van der Waals surface area contributed by atoms with E-state index in [4.69, 9.17) is 0 Å². The highest BCUT2D eigenvalue weighted by molar-refractivity contribution is 9.10. The van der Waals surface area contributed by atoms with E-state index in [2.05, 4.69) is 20.9 Å². The van der Waals surface area contributed by atoms with Crippen LogP contribution in [0.25, 0.3) is 10.2 Å². The molecule has 0 aliphatic heterocycles. The first-order chi connectivity index (χ1) is 13.1. The Labute approximate surface area is 168 Å². The molecule has 1 amide bonds. The van der Waals surface area contributed by atoms with Gasteiger partial charge in [-0.2, -0.15) is 0 Å². The van der Waals surface area contributed by atoms with Gasteiger partial charge in [0.15, 0.2) is 5.13 Å². The number of amides is 1. The molecule has 4 aromatic rings. The molecule has 4 rings (SSSR count). The van der Waals surface area contributed by atoms with Crippen LogP contribution >= 0.6 is 27.3 Å². The van der Waals surface area contributed by atoms with Crippen LogP contribution < -0.4 is 4.90 Å². The second kappa shape index (κ2) is 7.58. The molecule has 0 unspecified atom stereocenters. The smallest absolute Gasteiger partial charge is 0.260 e. The average Bonchev–Trinajstić information content (AvgIpc) is 3.12. The molecule has 0 radical (unpaired) electrons. The molecule has 3 aromatic carbocycles. The minimum atomic E-state index is -0.384. The van der Waals surface area contributed by atoms with Crippen molar-refractivity contribution in [2.45, 2.75) is 6.54 Å². The first-order valence-electron chi connectivity index (χ1n) is 8.28. The molecule has 1 aromatic heterocycles. The molecule has 134 valence electrons. The van der Waals surface area contributed by atoms with E-state index in [1.807, 2.05) is 48.5 Å². The van der Waals surface area contributed by atoms with Crippen LogP contribution in [0.4, 0.5) is 9.52 Å². The van der Waals surface area contributed by atoms with Gasteiger partial charge < -0.3 is 0 Å². The van der Waals surface area contributed by atoms with Gasteiger partial charge in [-0.1, -0.05) is 63.7 Å². The van der Waals surface area contributed by atoms with E-state index in [9.17, 15) is 9.18 Å².